The summed E-state index contributed by atoms with van der Waals surface area (Å²) in [6, 6.07) is 7.76. The SMILES string of the molecule is C/C=C(CCC)\C(=C/C)C(C)OCC(O)CN1CCCC1.C=C.CC.Cc1cccc(Cl)c1.O=CO. The third kappa shape index (κ3) is 20.3. The van der Waals surface area contributed by atoms with Crippen molar-refractivity contribution in [2.24, 2.45) is 0 Å². The van der Waals surface area contributed by atoms with Gasteiger partial charge in [0.25, 0.3) is 6.47 Å². The Morgan fingerprint density at radius 3 is 2.14 bits per heavy atom. The summed E-state index contributed by atoms with van der Waals surface area (Å²) in [4.78, 5) is 10.7. The highest BCUT2D eigenvalue weighted by atomic mass is 35.5. The fourth-order valence-corrected chi connectivity index (χ4v) is 3.92. The van der Waals surface area contributed by atoms with Gasteiger partial charge in [0.2, 0.25) is 0 Å². The summed E-state index contributed by atoms with van der Waals surface area (Å²) in [5, 5.41) is 17.8. The van der Waals surface area contributed by atoms with Crippen molar-refractivity contribution in [3.63, 3.8) is 0 Å². The van der Waals surface area contributed by atoms with E-state index in [0.29, 0.717) is 6.61 Å². The molecule has 1 fully saturated rings. The van der Waals surface area contributed by atoms with Crippen LogP contribution in [0.5, 0.6) is 0 Å². The van der Waals surface area contributed by atoms with E-state index in [-0.39, 0.29) is 18.7 Å². The van der Waals surface area contributed by atoms with E-state index in [1.807, 2.05) is 45.0 Å². The van der Waals surface area contributed by atoms with E-state index in [0.717, 1.165) is 37.5 Å². The standard InChI is InChI=1S/C18H33NO2.C7H7Cl.C2H6.C2H4.CH2O2/c1-5-10-16(6-2)18(7-3)15(4)21-14-17(20)13-19-11-8-9-12-19;1-6-3-2-4-7(8)5-6;2*1-2;2-1-3/h6-7,15,17,20H,5,8-14H2,1-4H3;2-5H,1H3;1-2H3;1-2H2;1H,(H,2,3)/b16-6-,18-7-;;;;. The highest BCUT2D eigenvalue weighted by Gasteiger charge is 2.18. The van der Waals surface area contributed by atoms with E-state index in [9.17, 15) is 5.11 Å². The molecule has 0 saturated carbocycles. The number of likely N-dealkylation sites (tertiary alicyclic amines) is 1. The molecule has 36 heavy (non-hydrogen) atoms. The lowest BCUT2D eigenvalue weighted by atomic mass is 9.97. The van der Waals surface area contributed by atoms with Crippen molar-refractivity contribution in [2.75, 3.05) is 26.2 Å². The van der Waals surface area contributed by atoms with Gasteiger partial charge in [-0.15, -0.1) is 13.2 Å². The lowest BCUT2D eigenvalue weighted by Crippen LogP contribution is -2.34. The molecule has 0 radical (unpaired) electrons. The monoisotopic (exact) mass is 525 g/mol. The number of ether oxygens (including phenoxy) is 1. The molecule has 0 spiro atoms. The van der Waals surface area contributed by atoms with E-state index in [4.69, 9.17) is 26.2 Å². The first-order chi connectivity index (χ1) is 17.3. The number of β-amino-alcohol motifs (C(OH)–C–C–N with tert-alkyl or cyclic N) is 1. The molecule has 0 bridgehead atoms. The van der Waals surface area contributed by atoms with Gasteiger partial charge in [0.05, 0.1) is 18.8 Å². The second-order valence-corrected chi connectivity index (χ2v) is 8.29. The number of halogens is 1. The maximum atomic E-state index is 10.1. The third-order valence-electron chi connectivity index (χ3n) is 5.17. The molecule has 0 aliphatic carbocycles. The molecule has 0 aromatic heterocycles. The Kier molecular flexibility index (Phi) is 29.7. The molecule has 1 aliphatic rings. The van der Waals surface area contributed by atoms with Gasteiger partial charge in [-0.3, -0.25) is 4.79 Å². The number of carboxylic acid groups (broad SMARTS) is 1. The van der Waals surface area contributed by atoms with E-state index in [1.165, 1.54) is 29.6 Å². The minimum atomic E-state index is -0.385. The second kappa shape index (κ2) is 27.7. The van der Waals surface area contributed by atoms with Crippen LogP contribution in [0.1, 0.15) is 72.8 Å². The topological polar surface area (TPSA) is 70.0 Å². The van der Waals surface area contributed by atoms with Crippen LogP contribution in [0.25, 0.3) is 0 Å². The van der Waals surface area contributed by atoms with Crippen LogP contribution < -0.4 is 0 Å². The zero-order valence-corrected chi connectivity index (χ0v) is 24.6. The van der Waals surface area contributed by atoms with Gasteiger partial charge in [-0.2, -0.15) is 0 Å². The molecule has 0 amide bonds. The lowest BCUT2D eigenvalue weighted by molar-refractivity contribution is -0.122. The number of carbonyl (C=O) groups is 1. The van der Waals surface area contributed by atoms with Crippen molar-refractivity contribution in [1.82, 2.24) is 4.90 Å². The van der Waals surface area contributed by atoms with Crippen LogP contribution in [0.3, 0.4) is 0 Å². The lowest BCUT2D eigenvalue weighted by Gasteiger charge is -2.23. The number of rotatable bonds is 9. The molecule has 2 rings (SSSR count). The molecule has 1 saturated heterocycles. The van der Waals surface area contributed by atoms with Crippen LogP contribution in [0.4, 0.5) is 0 Å². The van der Waals surface area contributed by atoms with Gasteiger partial charge in [-0.05, 0) is 88.9 Å². The third-order valence-corrected chi connectivity index (χ3v) is 5.41. The molecule has 2 N–H and O–H groups in total. The van der Waals surface area contributed by atoms with Gasteiger partial charge in [0.1, 0.15) is 0 Å². The number of allylic oxidation sites excluding steroid dienone is 2. The first kappa shape index (κ1) is 38.6. The van der Waals surface area contributed by atoms with Crippen LogP contribution >= 0.6 is 11.6 Å². The van der Waals surface area contributed by atoms with Gasteiger partial charge in [0, 0.05) is 11.6 Å². The van der Waals surface area contributed by atoms with Gasteiger partial charge in [-0.1, -0.05) is 63.1 Å². The van der Waals surface area contributed by atoms with E-state index in [1.54, 1.807) is 0 Å². The fraction of sp³-hybridized carbons (Fsp3) is 0.567. The number of hydrogen-bond donors (Lipinski definition) is 2. The average Bonchev–Trinajstić information content (AvgIpc) is 3.39. The number of nitrogens with zero attached hydrogens (tertiary/aromatic N) is 1. The van der Waals surface area contributed by atoms with Crippen molar-refractivity contribution in [3.8, 4) is 0 Å². The van der Waals surface area contributed by atoms with Gasteiger partial charge >= 0.3 is 0 Å². The Labute approximate surface area is 226 Å². The van der Waals surface area contributed by atoms with Gasteiger partial charge in [-0.25, -0.2) is 0 Å². The number of benzene rings is 1. The number of hydrogen-bond acceptors (Lipinski definition) is 4. The van der Waals surface area contributed by atoms with Crippen molar-refractivity contribution in [2.45, 2.75) is 86.4 Å². The van der Waals surface area contributed by atoms with Crippen LogP contribution in [-0.2, 0) is 9.53 Å². The molecule has 1 aromatic rings. The highest BCUT2D eigenvalue weighted by Crippen LogP contribution is 2.21. The zero-order valence-electron chi connectivity index (χ0n) is 23.8. The Morgan fingerprint density at radius 1 is 1.19 bits per heavy atom. The normalized spacial score (nSPS) is 14.8. The van der Waals surface area contributed by atoms with Crippen molar-refractivity contribution in [1.29, 1.82) is 0 Å². The van der Waals surface area contributed by atoms with Gasteiger partial charge in [0.15, 0.2) is 0 Å². The minimum absolute atomic E-state index is 0.0426. The first-order valence-corrected chi connectivity index (χ1v) is 13.3. The number of aliphatic hydroxyl groups is 1. The molecule has 2 atom stereocenters. The summed E-state index contributed by atoms with van der Waals surface area (Å²) >= 11 is 5.64. The summed E-state index contributed by atoms with van der Waals surface area (Å²) in [6.07, 6.45) is 8.72. The van der Waals surface area contributed by atoms with Crippen LogP contribution in [0.2, 0.25) is 5.02 Å². The Bertz CT molecular complexity index is 683. The van der Waals surface area contributed by atoms with E-state index >= 15 is 0 Å². The predicted molar refractivity (Wildman–Crippen MR) is 157 cm³/mol. The van der Waals surface area contributed by atoms with Crippen LogP contribution in [0.15, 0.2) is 60.7 Å². The Balaban J connectivity index is -0.000000596. The van der Waals surface area contributed by atoms with Crippen molar-refractivity contribution < 1.29 is 19.7 Å². The van der Waals surface area contributed by atoms with Crippen molar-refractivity contribution >= 4 is 18.1 Å². The van der Waals surface area contributed by atoms with Crippen LogP contribution in [0, 0.1) is 6.92 Å². The average molecular weight is 526 g/mol. The summed E-state index contributed by atoms with van der Waals surface area (Å²) in [5.41, 5.74) is 3.83. The molecular weight excluding hydrogens is 474 g/mol. The zero-order chi connectivity index (χ0) is 28.4. The second-order valence-electron chi connectivity index (χ2n) is 7.85. The maximum Gasteiger partial charge on any atom is 0.290 e. The van der Waals surface area contributed by atoms with E-state index < -0.39 is 0 Å². The van der Waals surface area contributed by atoms with Crippen molar-refractivity contribution in [3.05, 3.63) is 71.3 Å². The number of aliphatic hydroxyl groups excluding tert-OH is 1. The smallest absolute Gasteiger partial charge is 0.290 e. The quantitative estimate of drug-likeness (QED) is 0.196. The van der Waals surface area contributed by atoms with E-state index in [2.05, 4.69) is 57.9 Å². The Morgan fingerprint density at radius 2 is 1.75 bits per heavy atom. The molecule has 6 heteroatoms. The molecule has 5 nitrogen and oxygen atoms in total. The molecular formula is C30H52ClNO4. The maximum absolute atomic E-state index is 10.1. The van der Waals surface area contributed by atoms with Crippen LogP contribution in [-0.4, -0.2) is 60.0 Å². The molecule has 1 aliphatic heterocycles. The van der Waals surface area contributed by atoms with Gasteiger partial charge < -0.3 is 19.8 Å². The summed E-state index contributed by atoms with van der Waals surface area (Å²) in [5.74, 6) is 0. The first-order valence-electron chi connectivity index (χ1n) is 13.0. The fourth-order valence-electron chi connectivity index (χ4n) is 3.67. The molecule has 1 aromatic carbocycles. The minimum Gasteiger partial charge on any atom is -0.483 e. The summed E-state index contributed by atoms with van der Waals surface area (Å²) in [6.45, 7) is 23.6. The molecule has 1 heterocycles. The molecule has 2 unspecified atom stereocenters. The summed E-state index contributed by atoms with van der Waals surface area (Å²) in [7, 11) is 0. The predicted octanol–water partition coefficient (Wildman–Crippen LogP) is 7.72. The largest absolute Gasteiger partial charge is 0.483 e. The number of aryl methyl sites for hydroxylation is 1. The molecule has 208 valence electrons. The highest BCUT2D eigenvalue weighted by molar-refractivity contribution is 6.30. The summed E-state index contributed by atoms with van der Waals surface area (Å²) < 4.78 is 5.91. The Hall–Kier alpha value is -1.92.